The molecule has 1 aromatic heterocycles. The van der Waals surface area contributed by atoms with Crippen LogP contribution in [0.3, 0.4) is 0 Å². The zero-order valence-corrected chi connectivity index (χ0v) is 18.7. The number of halogens is 1. The van der Waals surface area contributed by atoms with Crippen molar-refractivity contribution >= 4 is 29.3 Å². The lowest BCUT2D eigenvalue weighted by atomic mass is 10.1. The van der Waals surface area contributed by atoms with Gasteiger partial charge in [-0.1, -0.05) is 17.7 Å². The van der Waals surface area contributed by atoms with E-state index < -0.39 is 5.91 Å². The van der Waals surface area contributed by atoms with Gasteiger partial charge in [0.2, 0.25) is 0 Å². The Bertz CT molecular complexity index is 1180. The van der Waals surface area contributed by atoms with E-state index >= 15 is 0 Å². The summed E-state index contributed by atoms with van der Waals surface area (Å²) in [4.78, 5) is 12.7. The maximum Gasteiger partial charge on any atom is 0.266 e. The van der Waals surface area contributed by atoms with Crippen molar-refractivity contribution in [2.45, 2.75) is 27.7 Å². The Hall–Kier alpha value is -3.49. The fraction of sp³-hybridized carbons (Fsp3) is 0.200. The van der Waals surface area contributed by atoms with Crippen LogP contribution in [0.1, 0.15) is 29.4 Å². The predicted molar refractivity (Wildman–Crippen MR) is 125 cm³/mol. The summed E-state index contributed by atoms with van der Waals surface area (Å²) in [7, 11) is 0. The van der Waals surface area contributed by atoms with E-state index in [0.29, 0.717) is 17.3 Å². The number of carbonyl (C=O) groups excluding carboxylic acids is 1. The lowest BCUT2D eigenvalue weighted by Crippen LogP contribution is -2.13. The number of ether oxygens (including phenoxy) is 1. The van der Waals surface area contributed by atoms with Crippen LogP contribution in [0.2, 0.25) is 5.02 Å². The van der Waals surface area contributed by atoms with E-state index in [1.165, 1.54) is 0 Å². The Balaban J connectivity index is 1.87. The average molecular weight is 434 g/mol. The number of nitriles is 1. The van der Waals surface area contributed by atoms with E-state index in [9.17, 15) is 10.1 Å². The van der Waals surface area contributed by atoms with Crippen molar-refractivity contribution in [3.05, 3.63) is 81.6 Å². The summed E-state index contributed by atoms with van der Waals surface area (Å²) >= 11 is 6.30. The molecule has 0 aliphatic heterocycles. The smallest absolute Gasteiger partial charge is 0.266 e. The summed E-state index contributed by atoms with van der Waals surface area (Å²) in [6.07, 6.45) is 1.61. The number of nitrogens with zero attached hydrogens (tertiary/aromatic N) is 2. The van der Waals surface area contributed by atoms with Gasteiger partial charge in [-0.15, -0.1) is 0 Å². The molecule has 0 atom stereocenters. The van der Waals surface area contributed by atoms with Crippen molar-refractivity contribution in [3.8, 4) is 17.5 Å². The zero-order valence-electron chi connectivity index (χ0n) is 18.0. The number of aromatic nitrogens is 1. The van der Waals surface area contributed by atoms with Gasteiger partial charge in [-0.05, 0) is 87.4 Å². The molecular weight excluding hydrogens is 410 g/mol. The van der Waals surface area contributed by atoms with E-state index in [1.54, 1.807) is 30.3 Å². The number of anilines is 1. The predicted octanol–water partition coefficient (Wildman–Crippen LogP) is 6.00. The van der Waals surface area contributed by atoms with Crippen LogP contribution < -0.4 is 10.1 Å². The molecule has 0 aliphatic carbocycles. The second-order valence-electron chi connectivity index (χ2n) is 7.18. The van der Waals surface area contributed by atoms with Gasteiger partial charge in [-0.25, -0.2) is 0 Å². The first kappa shape index (κ1) is 22.2. The van der Waals surface area contributed by atoms with Crippen LogP contribution in [-0.2, 0) is 4.79 Å². The van der Waals surface area contributed by atoms with Gasteiger partial charge < -0.3 is 14.6 Å². The van der Waals surface area contributed by atoms with Crippen LogP contribution in [0, 0.1) is 32.1 Å². The molecule has 158 valence electrons. The molecule has 2 aromatic carbocycles. The number of aryl methyl sites for hydroxylation is 2. The number of rotatable bonds is 6. The van der Waals surface area contributed by atoms with Crippen molar-refractivity contribution in [3.63, 3.8) is 0 Å². The first-order valence-corrected chi connectivity index (χ1v) is 10.3. The molecule has 0 fully saturated rings. The van der Waals surface area contributed by atoms with E-state index in [0.717, 1.165) is 34.0 Å². The molecule has 0 spiro atoms. The molecular formula is C25H24ClN3O2. The van der Waals surface area contributed by atoms with Crippen LogP contribution in [0.15, 0.2) is 54.1 Å². The highest BCUT2D eigenvalue weighted by Crippen LogP contribution is 2.26. The third-order valence-corrected chi connectivity index (χ3v) is 5.38. The van der Waals surface area contributed by atoms with Gasteiger partial charge in [0.1, 0.15) is 17.4 Å². The number of amides is 1. The number of hydrogen-bond acceptors (Lipinski definition) is 3. The van der Waals surface area contributed by atoms with Crippen LogP contribution in [0.25, 0.3) is 11.8 Å². The first-order valence-electron chi connectivity index (χ1n) is 9.95. The molecule has 1 heterocycles. The van der Waals surface area contributed by atoms with Gasteiger partial charge in [-0.3, -0.25) is 4.79 Å². The molecule has 6 heteroatoms. The van der Waals surface area contributed by atoms with Gasteiger partial charge >= 0.3 is 0 Å². The monoisotopic (exact) mass is 433 g/mol. The van der Waals surface area contributed by atoms with Crippen molar-refractivity contribution in [2.24, 2.45) is 0 Å². The summed E-state index contributed by atoms with van der Waals surface area (Å²) < 4.78 is 7.46. The van der Waals surface area contributed by atoms with Gasteiger partial charge in [0.25, 0.3) is 5.91 Å². The minimum absolute atomic E-state index is 0.0241. The zero-order chi connectivity index (χ0) is 22.5. The van der Waals surface area contributed by atoms with Crippen molar-refractivity contribution in [1.82, 2.24) is 4.57 Å². The molecule has 1 amide bonds. The highest BCUT2D eigenvalue weighted by Gasteiger charge is 2.14. The standard InChI is InChI=1S/C25H24ClN3O2/c1-5-31-23-10-7-21(8-11-23)28-25(30)20(15-27)13-19-12-17(3)29(18(19)4)22-9-6-16(2)24(26)14-22/h6-14H,5H2,1-4H3,(H,28,30)/b20-13-. The highest BCUT2D eigenvalue weighted by molar-refractivity contribution is 6.31. The normalized spacial score (nSPS) is 11.2. The first-order chi connectivity index (χ1) is 14.8. The number of hydrogen-bond donors (Lipinski definition) is 1. The van der Waals surface area contributed by atoms with Crippen LogP contribution in [0.4, 0.5) is 5.69 Å². The second kappa shape index (κ2) is 9.55. The lowest BCUT2D eigenvalue weighted by molar-refractivity contribution is -0.112. The number of benzene rings is 2. The van der Waals surface area contributed by atoms with E-state index in [-0.39, 0.29) is 5.57 Å². The molecule has 0 saturated heterocycles. The maximum atomic E-state index is 12.7. The molecule has 3 rings (SSSR count). The van der Waals surface area contributed by atoms with Crippen molar-refractivity contribution in [1.29, 1.82) is 5.26 Å². The Kier molecular flexibility index (Phi) is 6.84. The third-order valence-electron chi connectivity index (χ3n) is 4.97. The molecule has 31 heavy (non-hydrogen) atoms. The minimum Gasteiger partial charge on any atom is -0.494 e. The average Bonchev–Trinajstić information content (AvgIpc) is 3.02. The molecule has 0 radical (unpaired) electrons. The number of nitrogens with one attached hydrogen (secondary N) is 1. The molecule has 5 nitrogen and oxygen atoms in total. The molecule has 0 bridgehead atoms. The van der Waals surface area contributed by atoms with E-state index in [2.05, 4.69) is 9.88 Å². The third kappa shape index (κ3) is 4.99. The second-order valence-corrected chi connectivity index (χ2v) is 7.58. The molecule has 3 aromatic rings. The van der Waals surface area contributed by atoms with Crippen LogP contribution in [-0.4, -0.2) is 17.1 Å². The van der Waals surface area contributed by atoms with Gasteiger partial charge in [-0.2, -0.15) is 5.26 Å². The van der Waals surface area contributed by atoms with Gasteiger partial charge in [0.15, 0.2) is 0 Å². The molecule has 0 unspecified atom stereocenters. The SMILES string of the molecule is CCOc1ccc(NC(=O)/C(C#N)=C\c2cc(C)n(-c3ccc(C)c(Cl)c3)c2C)cc1. The minimum atomic E-state index is -0.463. The molecule has 0 saturated carbocycles. The Morgan fingerprint density at radius 3 is 2.48 bits per heavy atom. The van der Waals surface area contributed by atoms with Gasteiger partial charge in [0.05, 0.1) is 6.61 Å². The molecule has 0 aliphatic rings. The lowest BCUT2D eigenvalue weighted by Gasteiger charge is -2.11. The van der Waals surface area contributed by atoms with Crippen LogP contribution >= 0.6 is 11.6 Å². The fourth-order valence-electron chi connectivity index (χ4n) is 3.36. The summed E-state index contributed by atoms with van der Waals surface area (Å²) in [6, 6.07) is 16.9. The summed E-state index contributed by atoms with van der Waals surface area (Å²) in [5.74, 6) is 0.259. The molecule has 1 N–H and O–H groups in total. The number of carbonyl (C=O) groups is 1. The van der Waals surface area contributed by atoms with Crippen molar-refractivity contribution < 1.29 is 9.53 Å². The Labute approximate surface area is 187 Å². The topological polar surface area (TPSA) is 67.0 Å². The Morgan fingerprint density at radius 2 is 1.87 bits per heavy atom. The van der Waals surface area contributed by atoms with Crippen molar-refractivity contribution in [2.75, 3.05) is 11.9 Å². The Morgan fingerprint density at radius 1 is 1.16 bits per heavy atom. The summed E-state index contributed by atoms with van der Waals surface area (Å²) in [5.41, 5.74) is 5.25. The highest BCUT2D eigenvalue weighted by atomic mass is 35.5. The maximum absolute atomic E-state index is 12.7. The van der Waals surface area contributed by atoms with E-state index in [1.807, 2.05) is 58.0 Å². The quantitative estimate of drug-likeness (QED) is 0.383. The van der Waals surface area contributed by atoms with Gasteiger partial charge in [0, 0.05) is 27.8 Å². The fourth-order valence-corrected chi connectivity index (χ4v) is 3.53. The summed E-state index contributed by atoms with van der Waals surface area (Å²) in [6.45, 7) is 8.36. The van der Waals surface area contributed by atoms with Crippen LogP contribution in [0.5, 0.6) is 5.75 Å². The largest absolute Gasteiger partial charge is 0.494 e. The van der Waals surface area contributed by atoms with E-state index in [4.69, 9.17) is 16.3 Å². The summed E-state index contributed by atoms with van der Waals surface area (Å²) in [5, 5.41) is 13.0.